The van der Waals surface area contributed by atoms with Gasteiger partial charge in [0.1, 0.15) is 5.82 Å². The second-order valence-corrected chi connectivity index (χ2v) is 12.0. The summed E-state index contributed by atoms with van der Waals surface area (Å²) in [4.78, 5) is 0. The monoisotopic (exact) mass is 492 g/mol. The Bertz CT molecular complexity index is 946. The van der Waals surface area contributed by atoms with Crippen molar-refractivity contribution in [2.24, 2.45) is 5.92 Å². The number of ether oxygens (including phenoxy) is 1. The number of rotatable bonds is 7. The summed E-state index contributed by atoms with van der Waals surface area (Å²) in [5, 5.41) is 9.77. The predicted octanol–water partition coefficient (Wildman–Crippen LogP) is 8.60. The van der Waals surface area contributed by atoms with Crippen molar-refractivity contribution in [2.75, 3.05) is 13.7 Å². The molecule has 3 heteroatoms. The molecule has 0 atom stereocenters. The van der Waals surface area contributed by atoms with Crippen LogP contribution in [0.4, 0.5) is 4.39 Å². The van der Waals surface area contributed by atoms with Crippen LogP contribution in [0.25, 0.3) is 0 Å². The van der Waals surface area contributed by atoms with Gasteiger partial charge < -0.3 is 9.84 Å². The van der Waals surface area contributed by atoms with Gasteiger partial charge in [0.25, 0.3) is 0 Å². The van der Waals surface area contributed by atoms with E-state index in [4.69, 9.17) is 4.74 Å². The van der Waals surface area contributed by atoms with Crippen molar-refractivity contribution in [3.05, 3.63) is 70.5 Å². The Balaban J connectivity index is 1.12. The molecule has 1 N–H and O–H groups in total. The highest BCUT2D eigenvalue weighted by Gasteiger charge is 2.27. The molecule has 3 saturated carbocycles. The number of benzene rings is 2. The lowest BCUT2D eigenvalue weighted by molar-refractivity contribution is 0.122. The van der Waals surface area contributed by atoms with Crippen molar-refractivity contribution in [3.8, 4) is 0 Å². The molecule has 0 radical (unpaired) electrons. The van der Waals surface area contributed by atoms with E-state index in [1.807, 2.05) is 19.2 Å². The normalized spacial score (nSPS) is 31.3. The lowest BCUT2D eigenvalue weighted by atomic mass is 9.74. The number of hydrogen-bond acceptors (Lipinski definition) is 2. The van der Waals surface area contributed by atoms with Gasteiger partial charge in [-0.1, -0.05) is 36.4 Å². The van der Waals surface area contributed by atoms with E-state index in [1.165, 1.54) is 61.6 Å². The van der Waals surface area contributed by atoms with Gasteiger partial charge in [-0.2, -0.15) is 0 Å². The van der Waals surface area contributed by atoms with Crippen molar-refractivity contribution >= 4 is 0 Å². The molecule has 196 valence electrons. The SMILES string of the molecule is COCCC1CCC(c2ccc(C3CCC(c4ccc(C5CCC(O)CC5)c(F)c4)CC3)cc2)CC1. The first-order valence-corrected chi connectivity index (χ1v) is 14.7. The van der Waals surface area contributed by atoms with Crippen molar-refractivity contribution in [1.29, 1.82) is 0 Å². The summed E-state index contributed by atoms with van der Waals surface area (Å²) in [5.74, 6) is 2.93. The first-order chi connectivity index (χ1) is 17.6. The second-order valence-electron chi connectivity index (χ2n) is 12.0. The van der Waals surface area contributed by atoms with E-state index in [0.29, 0.717) is 11.8 Å². The topological polar surface area (TPSA) is 29.5 Å². The molecule has 2 aromatic rings. The lowest BCUT2D eigenvalue weighted by Crippen LogP contribution is -2.18. The minimum Gasteiger partial charge on any atom is -0.393 e. The number of methoxy groups -OCH3 is 1. The Kier molecular flexibility index (Phi) is 8.80. The van der Waals surface area contributed by atoms with Crippen LogP contribution in [0.15, 0.2) is 42.5 Å². The molecular weight excluding hydrogens is 447 g/mol. The fraction of sp³-hybridized carbons (Fsp3) is 0.636. The molecule has 0 bridgehead atoms. The molecule has 5 rings (SSSR count). The molecule has 2 nitrogen and oxygen atoms in total. The average molecular weight is 493 g/mol. The van der Waals surface area contributed by atoms with Gasteiger partial charge in [-0.05, 0) is 141 Å². The maximum atomic E-state index is 15.0. The Morgan fingerprint density at radius 1 is 0.667 bits per heavy atom. The fourth-order valence-electron chi connectivity index (χ4n) is 7.38. The van der Waals surface area contributed by atoms with Gasteiger partial charge in [-0.3, -0.25) is 0 Å². The second kappa shape index (κ2) is 12.2. The smallest absolute Gasteiger partial charge is 0.126 e. The molecule has 0 heterocycles. The summed E-state index contributed by atoms with van der Waals surface area (Å²) in [5.41, 5.74) is 5.07. The van der Waals surface area contributed by atoms with Gasteiger partial charge in [0.2, 0.25) is 0 Å². The number of aliphatic hydroxyl groups is 1. The first-order valence-electron chi connectivity index (χ1n) is 14.7. The third kappa shape index (κ3) is 6.22. The summed E-state index contributed by atoms with van der Waals surface area (Å²) in [6.45, 7) is 0.902. The molecule has 0 aliphatic heterocycles. The molecule has 0 spiro atoms. The van der Waals surface area contributed by atoms with Crippen LogP contribution in [0.1, 0.15) is 129 Å². The van der Waals surface area contributed by atoms with Crippen LogP contribution in [-0.4, -0.2) is 24.9 Å². The number of halogens is 1. The summed E-state index contributed by atoms with van der Waals surface area (Å²) in [7, 11) is 1.81. The molecule has 2 aromatic carbocycles. The van der Waals surface area contributed by atoms with Crippen LogP contribution in [0.5, 0.6) is 0 Å². The van der Waals surface area contributed by atoms with Gasteiger partial charge in [-0.25, -0.2) is 4.39 Å². The lowest BCUT2D eigenvalue weighted by Gasteiger charge is -2.31. The van der Waals surface area contributed by atoms with Crippen LogP contribution in [0, 0.1) is 11.7 Å². The van der Waals surface area contributed by atoms with E-state index in [0.717, 1.165) is 62.5 Å². The maximum absolute atomic E-state index is 15.0. The highest BCUT2D eigenvalue weighted by molar-refractivity contribution is 5.32. The fourth-order valence-corrected chi connectivity index (χ4v) is 7.38. The van der Waals surface area contributed by atoms with Crippen LogP contribution >= 0.6 is 0 Å². The van der Waals surface area contributed by atoms with Gasteiger partial charge in [0.15, 0.2) is 0 Å². The predicted molar refractivity (Wildman–Crippen MR) is 145 cm³/mol. The molecule has 3 aliphatic rings. The minimum atomic E-state index is -0.193. The van der Waals surface area contributed by atoms with Crippen molar-refractivity contribution in [2.45, 2.75) is 113 Å². The molecule has 0 saturated heterocycles. The molecule has 3 fully saturated rings. The van der Waals surface area contributed by atoms with Crippen LogP contribution < -0.4 is 0 Å². The third-order valence-electron chi connectivity index (χ3n) is 9.82. The van der Waals surface area contributed by atoms with Gasteiger partial charge in [0, 0.05) is 13.7 Å². The standard InChI is InChI=1S/C33H45FO2/c1-36-21-20-23-2-4-24(5-3-23)25-6-8-26(9-7-25)27-10-12-28(13-11-27)30-16-19-32(33(34)22-30)29-14-17-31(35)18-15-29/h6-9,16,19,22-24,27-29,31,35H,2-5,10-15,17-18,20-21H2,1H3. The van der Waals surface area contributed by atoms with E-state index >= 15 is 4.39 Å². The summed E-state index contributed by atoms with van der Waals surface area (Å²) >= 11 is 0. The molecule has 0 amide bonds. The molecular formula is C33H45FO2. The number of aliphatic hydroxyl groups excluding tert-OH is 1. The molecule has 36 heavy (non-hydrogen) atoms. The minimum absolute atomic E-state index is 0.0284. The van der Waals surface area contributed by atoms with Crippen molar-refractivity contribution in [3.63, 3.8) is 0 Å². The van der Waals surface area contributed by atoms with Crippen molar-refractivity contribution in [1.82, 2.24) is 0 Å². The summed E-state index contributed by atoms with van der Waals surface area (Å²) in [6, 6.07) is 15.7. The van der Waals surface area contributed by atoms with Crippen LogP contribution in [0.2, 0.25) is 0 Å². The van der Waals surface area contributed by atoms with E-state index < -0.39 is 0 Å². The largest absolute Gasteiger partial charge is 0.393 e. The highest BCUT2D eigenvalue weighted by atomic mass is 19.1. The molecule has 0 unspecified atom stereocenters. The zero-order valence-corrected chi connectivity index (χ0v) is 22.1. The Labute approximate surface area is 217 Å². The van der Waals surface area contributed by atoms with Crippen LogP contribution in [0.3, 0.4) is 0 Å². The van der Waals surface area contributed by atoms with E-state index in [1.54, 1.807) is 0 Å². The van der Waals surface area contributed by atoms with E-state index in [2.05, 4.69) is 30.3 Å². The maximum Gasteiger partial charge on any atom is 0.126 e. The molecule has 0 aromatic heterocycles. The van der Waals surface area contributed by atoms with Gasteiger partial charge in [0.05, 0.1) is 6.10 Å². The quantitative estimate of drug-likeness (QED) is 0.419. The molecule has 3 aliphatic carbocycles. The van der Waals surface area contributed by atoms with Crippen molar-refractivity contribution < 1.29 is 14.2 Å². The van der Waals surface area contributed by atoms with Crippen LogP contribution in [-0.2, 0) is 4.74 Å². The number of hydrogen-bond donors (Lipinski definition) is 1. The highest BCUT2D eigenvalue weighted by Crippen LogP contribution is 2.43. The first kappa shape index (κ1) is 25.9. The average Bonchev–Trinajstić information content (AvgIpc) is 2.93. The Morgan fingerprint density at radius 3 is 1.67 bits per heavy atom. The third-order valence-corrected chi connectivity index (χ3v) is 9.82. The Morgan fingerprint density at radius 2 is 1.14 bits per heavy atom. The van der Waals surface area contributed by atoms with E-state index in [9.17, 15) is 5.11 Å². The van der Waals surface area contributed by atoms with Gasteiger partial charge >= 0.3 is 0 Å². The Hall–Kier alpha value is -1.71. The van der Waals surface area contributed by atoms with E-state index in [-0.39, 0.29) is 17.8 Å². The zero-order chi connectivity index (χ0) is 24.9. The summed E-state index contributed by atoms with van der Waals surface area (Å²) in [6.07, 6.45) is 14.4. The van der Waals surface area contributed by atoms with Gasteiger partial charge in [-0.15, -0.1) is 0 Å². The summed E-state index contributed by atoms with van der Waals surface area (Å²) < 4.78 is 20.3. The zero-order valence-electron chi connectivity index (χ0n) is 22.1.